The fraction of sp³-hybridized carbons (Fsp3) is 0.400. The number of hydrogen-bond donors (Lipinski definition) is 0. The second-order valence-corrected chi connectivity index (χ2v) is 1.67. The van der Waals surface area contributed by atoms with E-state index in [0.29, 0.717) is 0 Å². The van der Waals surface area contributed by atoms with Gasteiger partial charge in [-0.2, -0.15) is 0 Å². The number of pyridine rings is 1. The van der Waals surface area contributed by atoms with Crippen LogP contribution in [0.1, 0.15) is 26.5 Å². The maximum atomic E-state index is 8.00. The molecule has 0 N–H and O–H groups in total. The topological polar surface area (TPSA) is 30.0 Å². The maximum absolute atomic E-state index is 8.00. The molecule has 0 atom stereocenters. The molecule has 2 nitrogen and oxygen atoms in total. The van der Waals surface area contributed by atoms with Crippen molar-refractivity contribution < 1.29 is 4.79 Å². The summed E-state index contributed by atoms with van der Waals surface area (Å²) in [5.41, 5.74) is 1.16. The van der Waals surface area contributed by atoms with Crippen LogP contribution in [0.3, 0.4) is 0 Å². The minimum atomic E-state index is 1.03. The molecule has 1 heterocycles. The van der Waals surface area contributed by atoms with Crippen molar-refractivity contribution in [2.75, 3.05) is 0 Å². The van der Waals surface area contributed by atoms with Crippen molar-refractivity contribution in [3.63, 3.8) is 0 Å². The van der Waals surface area contributed by atoms with Crippen LogP contribution in [0.5, 0.6) is 0 Å². The van der Waals surface area contributed by atoms with E-state index in [-0.39, 0.29) is 0 Å². The van der Waals surface area contributed by atoms with Crippen molar-refractivity contribution in [3.05, 3.63) is 30.1 Å². The van der Waals surface area contributed by atoms with Crippen LogP contribution in [0.2, 0.25) is 0 Å². The van der Waals surface area contributed by atoms with Gasteiger partial charge in [-0.3, -0.25) is 4.98 Å². The molecule has 0 radical (unpaired) electrons. The lowest BCUT2D eigenvalue weighted by Gasteiger charge is -1.88. The number of hydrogen-bond acceptors (Lipinski definition) is 2. The van der Waals surface area contributed by atoms with Gasteiger partial charge in [-0.05, 0) is 18.6 Å². The summed E-state index contributed by atoms with van der Waals surface area (Å²) in [6.45, 7) is 8.10. The quantitative estimate of drug-likeness (QED) is 0.643. The second-order valence-electron chi connectivity index (χ2n) is 1.67. The van der Waals surface area contributed by atoms with Crippen LogP contribution in [0.4, 0.5) is 0 Å². The molecule has 0 unspecified atom stereocenters. The van der Waals surface area contributed by atoms with Crippen molar-refractivity contribution in [2.45, 2.75) is 27.2 Å². The van der Waals surface area contributed by atoms with Gasteiger partial charge in [-0.25, -0.2) is 0 Å². The highest BCUT2D eigenvalue weighted by molar-refractivity contribution is 5.11. The van der Waals surface area contributed by atoms with Crippen molar-refractivity contribution in [3.8, 4) is 0 Å². The third-order valence-electron chi connectivity index (χ3n) is 1.09. The zero-order valence-electron chi connectivity index (χ0n) is 8.08. The standard InChI is InChI=1S/C7H9N.C2H6.CH2O/c1-2-7-5-3-4-6-8-7;2*1-2/h3-6H,2H2,1H3;1-2H3;1H2. The predicted molar refractivity (Wildman–Crippen MR) is 52.1 cm³/mol. The third-order valence-corrected chi connectivity index (χ3v) is 1.09. The Balaban J connectivity index is 0. The number of carbonyl (C=O) groups excluding carboxylic acids is 1. The molecular formula is C10H17NO. The van der Waals surface area contributed by atoms with Crippen LogP contribution in [0.15, 0.2) is 24.4 Å². The number of nitrogens with zero attached hydrogens (tertiary/aromatic N) is 1. The molecule has 0 fully saturated rings. The lowest BCUT2D eigenvalue weighted by molar-refractivity contribution is -0.0979. The lowest BCUT2D eigenvalue weighted by Crippen LogP contribution is -1.81. The summed E-state index contributed by atoms with van der Waals surface area (Å²) >= 11 is 0. The van der Waals surface area contributed by atoms with Crippen LogP contribution >= 0.6 is 0 Å². The van der Waals surface area contributed by atoms with Gasteiger partial charge >= 0.3 is 0 Å². The number of rotatable bonds is 1. The Hall–Kier alpha value is -1.18. The minimum absolute atomic E-state index is 1.03. The SMILES string of the molecule is C=O.CC.CCc1ccccn1. The molecule has 0 aromatic carbocycles. The van der Waals surface area contributed by atoms with Gasteiger partial charge in [0.15, 0.2) is 0 Å². The molecular weight excluding hydrogens is 150 g/mol. The number of aromatic nitrogens is 1. The Morgan fingerprint density at radius 1 is 1.33 bits per heavy atom. The van der Waals surface area contributed by atoms with Gasteiger partial charge in [-0.15, -0.1) is 0 Å². The van der Waals surface area contributed by atoms with E-state index in [1.807, 2.05) is 45.0 Å². The van der Waals surface area contributed by atoms with E-state index in [4.69, 9.17) is 4.79 Å². The summed E-state index contributed by atoms with van der Waals surface area (Å²) in [7, 11) is 0. The first-order valence-electron chi connectivity index (χ1n) is 4.12. The van der Waals surface area contributed by atoms with Crippen molar-refractivity contribution in [1.29, 1.82) is 0 Å². The Morgan fingerprint density at radius 2 is 1.92 bits per heavy atom. The van der Waals surface area contributed by atoms with E-state index < -0.39 is 0 Å². The maximum Gasteiger partial charge on any atom is 0.106 e. The van der Waals surface area contributed by atoms with Gasteiger partial charge in [-0.1, -0.05) is 26.8 Å². The highest BCUT2D eigenvalue weighted by atomic mass is 16.1. The van der Waals surface area contributed by atoms with Crippen LogP contribution < -0.4 is 0 Å². The van der Waals surface area contributed by atoms with E-state index in [1.54, 1.807) is 0 Å². The Kier molecular flexibility index (Phi) is 14.0. The molecule has 0 bridgehead atoms. The average molecular weight is 167 g/mol. The second kappa shape index (κ2) is 12.5. The van der Waals surface area contributed by atoms with Crippen molar-refractivity contribution in [1.82, 2.24) is 4.98 Å². The fourth-order valence-corrected chi connectivity index (χ4v) is 0.607. The van der Waals surface area contributed by atoms with E-state index in [9.17, 15) is 0 Å². The third kappa shape index (κ3) is 6.93. The Bertz CT molecular complexity index is 163. The first-order valence-corrected chi connectivity index (χ1v) is 4.12. The van der Waals surface area contributed by atoms with Gasteiger partial charge in [0.1, 0.15) is 6.79 Å². The molecule has 68 valence electrons. The highest BCUT2D eigenvalue weighted by Gasteiger charge is 1.81. The van der Waals surface area contributed by atoms with E-state index in [2.05, 4.69) is 11.9 Å². The normalized spacial score (nSPS) is 6.92. The molecule has 0 amide bonds. The summed E-state index contributed by atoms with van der Waals surface area (Å²) in [5, 5.41) is 0. The summed E-state index contributed by atoms with van der Waals surface area (Å²) in [6, 6.07) is 5.96. The number of aryl methyl sites for hydroxylation is 1. The monoisotopic (exact) mass is 167 g/mol. The largest absolute Gasteiger partial charge is 0.307 e. The highest BCUT2D eigenvalue weighted by Crippen LogP contribution is 1.91. The molecule has 12 heavy (non-hydrogen) atoms. The smallest absolute Gasteiger partial charge is 0.106 e. The van der Waals surface area contributed by atoms with Gasteiger partial charge < -0.3 is 4.79 Å². The molecule has 0 aliphatic heterocycles. The van der Waals surface area contributed by atoms with Gasteiger partial charge in [0.2, 0.25) is 0 Å². The van der Waals surface area contributed by atoms with Crippen LogP contribution in [-0.2, 0) is 11.2 Å². The minimum Gasteiger partial charge on any atom is -0.307 e. The van der Waals surface area contributed by atoms with Crippen LogP contribution in [-0.4, -0.2) is 11.8 Å². The molecule has 1 aromatic heterocycles. The summed E-state index contributed by atoms with van der Waals surface area (Å²) < 4.78 is 0. The van der Waals surface area contributed by atoms with E-state index in [0.717, 1.165) is 12.1 Å². The molecule has 0 aliphatic rings. The van der Waals surface area contributed by atoms with Gasteiger partial charge in [0.25, 0.3) is 0 Å². The first kappa shape index (κ1) is 13.4. The molecule has 0 spiro atoms. The molecule has 0 saturated carbocycles. The summed E-state index contributed by atoms with van der Waals surface area (Å²) in [6.07, 6.45) is 2.85. The van der Waals surface area contributed by atoms with Crippen LogP contribution in [0.25, 0.3) is 0 Å². The lowest BCUT2D eigenvalue weighted by atomic mass is 10.3. The predicted octanol–water partition coefficient (Wildman–Crippen LogP) is 2.49. The fourth-order valence-electron chi connectivity index (χ4n) is 0.607. The zero-order valence-corrected chi connectivity index (χ0v) is 8.08. The van der Waals surface area contributed by atoms with Gasteiger partial charge in [0.05, 0.1) is 0 Å². The zero-order chi connectivity index (χ0) is 9.82. The van der Waals surface area contributed by atoms with Crippen molar-refractivity contribution >= 4 is 6.79 Å². The number of carbonyl (C=O) groups is 1. The Morgan fingerprint density at radius 3 is 2.17 bits per heavy atom. The molecule has 0 saturated heterocycles. The van der Waals surface area contributed by atoms with Crippen LogP contribution in [0, 0.1) is 0 Å². The first-order chi connectivity index (χ1) is 5.93. The van der Waals surface area contributed by atoms with Crippen molar-refractivity contribution in [2.24, 2.45) is 0 Å². The molecule has 2 heteroatoms. The molecule has 0 aliphatic carbocycles. The van der Waals surface area contributed by atoms with Gasteiger partial charge in [0, 0.05) is 11.9 Å². The average Bonchev–Trinajstić information content (AvgIpc) is 2.25. The van der Waals surface area contributed by atoms with E-state index >= 15 is 0 Å². The molecule has 1 aromatic rings. The molecule has 1 rings (SSSR count). The Labute approximate surface area is 74.6 Å². The summed E-state index contributed by atoms with van der Waals surface area (Å²) in [5.74, 6) is 0. The van der Waals surface area contributed by atoms with E-state index in [1.165, 1.54) is 0 Å². The summed E-state index contributed by atoms with van der Waals surface area (Å²) in [4.78, 5) is 12.1.